The Hall–Kier alpha value is -1.30. The predicted molar refractivity (Wildman–Crippen MR) is 126 cm³/mol. The molecule has 0 aromatic rings. The zero-order chi connectivity index (χ0) is 23.2. The van der Waals surface area contributed by atoms with E-state index in [2.05, 4.69) is 6.92 Å². The number of hydrogen-bond donors (Lipinski definition) is 0. The van der Waals surface area contributed by atoms with Crippen LogP contribution in [0.3, 0.4) is 0 Å². The first-order valence-corrected chi connectivity index (χ1v) is 12.6. The fourth-order valence-electron chi connectivity index (χ4n) is 3.41. The Kier molecular flexibility index (Phi) is 21.0. The van der Waals surface area contributed by atoms with Crippen molar-refractivity contribution >= 4 is 12.1 Å². The van der Waals surface area contributed by atoms with E-state index in [1.165, 1.54) is 51.4 Å². The summed E-state index contributed by atoms with van der Waals surface area (Å²) in [6.07, 6.45) is 15.1. The summed E-state index contributed by atoms with van der Waals surface area (Å²) in [6.45, 7) is 5.70. The summed E-state index contributed by atoms with van der Waals surface area (Å²) in [7, 11) is 3.97. The van der Waals surface area contributed by atoms with Crippen LogP contribution in [0.1, 0.15) is 110 Å². The van der Waals surface area contributed by atoms with Crippen LogP contribution < -0.4 is 0 Å². The lowest BCUT2D eigenvalue weighted by atomic mass is 10.0. The third kappa shape index (κ3) is 21.7. The summed E-state index contributed by atoms with van der Waals surface area (Å²) in [6, 6.07) is 0. The molecule has 0 rings (SSSR count). The van der Waals surface area contributed by atoms with Crippen molar-refractivity contribution in [1.29, 1.82) is 0 Å². The first-order chi connectivity index (χ1) is 15.0. The van der Waals surface area contributed by atoms with E-state index in [1.807, 2.05) is 25.9 Å². The molecule has 0 heterocycles. The molecule has 0 aromatic heterocycles. The predicted octanol–water partition coefficient (Wildman–Crippen LogP) is 6.50. The van der Waals surface area contributed by atoms with Crippen molar-refractivity contribution in [3.05, 3.63) is 0 Å². The van der Waals surface area contributed by atoms with E-state index in [0.717, 1.165) is 38.6 Å². The van der Waals surface area contributed by atoms with Gasteiger partial charge in [0.1, 0.15) is 6.10 Å². The second-order valence-corrected chi connectivity index (χ2v) is 8.72. The van der Waals surface area contributed by atoms with E-state index in [1.54, 1.807) is 0 Å². The summed E-state index contributed by atoms with van der Waals surface area (Å²) < 4.78 is 16.0. The molecule has 0 aliphatic heterocycles. The van der Waals surface area contributed by atoms with E-state index in [9.17, 15) is 9.59 Å². The molecule has 0 fully saturated rings. The maximum atomic E-state index is 12.0. The van der Waals surface area contributed by atoms with Gasteiger partial charge in [0.05, 0.1) is 13.2 Å². The van der Waals surface area contributed by atoms with Crippen LogP contribution in [0.5, 0.6) is 0 Å². The lowest BCUT2D eigenvalue weighted by Crippen LogP contribution is -2.23. The number of ether oxygens (including phenoxy) is 3. The summed E-state index contributed by atoms with van der Waals surface area (Å²) >= 11 is 0. The van der Waals surface area contributed by atoms with Crippen LogP contribution in [-0.4, -0.2) is 57.0 Å². The Morgan fingerprint density at radius 3 is 1.90 bits per heavy atom. The molecule has 0 aliphatic carbocycles. The molecule has 184 valence electrons. The highest BCUT2D eigenvalue weighted by Crippen LogP contribution is 2.15. The monoisotopic (exact) mass is 443 g/mol. The van der Waals surface area contributed by atoms with Crippen LogP contribution in [-0.2, 0) is 19.0 Å². The van der Waals surface area contributed by atoms with Gasteiger partial charge in [0, 0.05) is 19.4 Å². The fourth-order valence-corrected chi connectivity index (χ4v) is 3.41. The number of carbonyl (C=O) groups excluding carboxylic acids is 2. The highest BCUT2D eigenvalue weighted by atomic mass is 16.7. The van der Waals surface area contributed by atoms with Gasteiger partial charge < -0.3 is 19.1 Å². The largest absolute Gasteiger partial charge is 0.508 e. The quantitative estimate of drug-likeness (QED) is 0.149. The van der Waals surface area contributed by atoms with Crippen molar-refractivity contribution < 1.29 is 23.8 Å². The van der Waals surface area contributed by atoms with Gasteiger partial charge in [-0.25, -0.2) is 4.79 Å². The average molecular weight is 444 g/mol. The molecule has 1 atom stereocenters. The Morgan fingerprint density at radius 1 is 0.710 bits per heavy atom. The van der Waals surface area contributed by atoms with Crippen LogP contribution in [0.4, 0.5) is 4.79 Å². The highest BCUT2D eigenvalue weighted by Gasteiger charge is 2.16. The molecule has 1 unspecified atom stereocenters. The second-order valence-electron chi connectivity index (χ2n) is 8.72. The zero-order valence-electron chi connectivity index (χ0n) is 20.8. The number of nitrogens with zero attached hydrogens (tertiary/aromatic N) is 1. The van der Waals surface area contributed by atoms with Crippen molar-refractivity contribution in [1.82, 2.24) is 4.90 Å². The van der Waals surface area contributed by atoms with Crippen LogP contribution in [0.25, 0.3) is 0 Å². The molecule has 0 bridgehead atoms. The van der Waals surface area contributed by atoms with Crippen molar-refractivity contribution in [2.45, 2.75) is 116 Å². The fraction of sp³-hybridized carbons (Fsp3) is 0.920. The molecule has 0 aromatic carbocycles. The van der Waals surface area contributed by atoms with E-state index in [4.69, 9.17) is 14.2 Å². The topological polar surface area (TPSA) is 65.1 Å². The van der Waals surface area contributed by atoms with Crippen LogP contribution >= 0.6 is 0 Å². The van der Waals surface area contributed by atoms with Crippen molar-refractivity contribution in [2.24, 2.45) is 0 Å². The molecule has 6 heteroatoms. The van der Waals surface area contributed by atoms with Gasteiger partial charge in [0.15, 0.2) is 0 Å². The van der Waals surface area contributed by atoms with Crippen LogP contribution in [0.2, 0.25) is 0 Å². The molecular weight excluding hydrogens is 394 g/mol. The van der Waals surface area contributed by atoms with E-state index >= 15 is 0 Å². The smallest absolute Gasteiger partial charge is 0.466 e. The third-order valence-electron chi connectivity index (χ3n) is 5.27. The molecule has 0 radical (unpaired) electrons. The Balaban J connectivity index is 4.08. The van der Waals surface area contributed by atoms with Crippen LogP contribution in [0.15, 0.2) is 0 Å². The highest BCUT2D eigenvalue weighted by molar-refractivity contribution is 5.69. The maximum absolute atomic E-state index is 12.0. The molecule has 0 N–H and O–H groups in total. The van der Waals surface area contributed by atoms with Gasteiger partial charge in [-0.05, 0) is 39.8 Å². The molecule has 0 amide bonds. The first-order valence-electron chi connectivity index (χ1n) is 12.6. The van der Waals surface area contributed by atoms with E-state index in [-0.39, 0.29) is 18.7 Å². The van der Waals surface area contributed by atoms with Gasteiger partial charge in [0.25, 0.3) is 0 Å². The van der Waals surface area contributed by atoms with Gasteiger partial charge >= 0.3 is 12.1 Å². The van der Waals surface area contributed by atoms with Gasteiger partial charge in [-0.3, -0.25) is 4.79 Å². The third-order valence-corrected chi connectivity index (χ3v) is 5.27. The summed E-state index contributed by atoms with van der Waals surface area (Å²) in [5, 5.41) is 0. The number of rotatable bonds is 21. The van der Waals surface area contributed by atoms with Gasteiger partial charge in [-0.1, -0.05) is 71.6 Å². The molecule has 0 aliphatic rings. The summed E-state index contributed by atoms with van der Waals surface area (Å²) in [5.74, 6) is -0.188. The number of carbonyl (C=O) groups is 2. The standard InChI is InChI=1S/C25H49NO5/c1-5-7-8-9-10-11-12-13-14-15-18-23(19-22-29-24(27)17-6-2)31-25(28)30-21-16-20-26(3)4/h23H,5-22H2,1-4H3. The van der Waals surface area contributed by atoms with Crippen molar-refractivity contribution in [2.75, 3.05) is 33.9 Å². The first kappa shape index (κ1) is 29.7. The normalized spacial score (nSPS) is 12.0. The van der Waals surface area contributed by atoms with E-state index < -0.39 is 6.16 Å². The minimum atomic E-state index is -0.615. The Morgan fingerprint density at radius 2 is 1.32 bits per heavy atom. The van der Waals surface area contributed by atoms with Crippen LogP contribution in [0, 0.1) is 0 Å². The molecular formula is C25H49NO5. The van der Waals surface area contributed by atoms with Gasteiger partial charge in [-0.2, -0.15) is 0 Å². The second kappa shape index (κ2) is 21.9. The van der Waals surface area contributed by atoms with Gasteiger partial charge in [-0.15, -0.1) is 0 Å². The van der Waals surface area contributed by atoms with Crippen molar-refractivity contribution in [3.8, 4) is 0 Å². The van der Waals surface area contributed by atoms with E-state index in [0.29, 0.717) is 19.4 Å². The summed E-state index contributed by atoms with van der Waals surface area (Å²) in [4.78, 5) is 25.6. The molecule has 6 nitrogen and oxygen atoms in total. The zero-order valence-corrected chi connectivity index (χ0v) is 20.8. The maximum Gasteiger partial charge on any atom is 0.508 e. The number of esters is 1. The summed E-state index contributed by atoms with van der Waals surface area (Å²) in [5.41, 5.74) is 0. The average Bonchev–Trinajstić information content (AvgIpc) is 2.72. The lowest BCUT2D eigenvalue weighted by Gasteiger charge is -2.18. The molecule has 0 saturated carbocycles. The lowest BCUT2D eigenvalue weighted by molar-refractivity contribution is -0.144. The number of hydrogen-bond acceptors (Lipinski definition) is 6. The molecule has 0 spiro atoms. The minimum Gasteiger partial charge on any atom is -0.466 e. The SMILES string of the molecule is CCCCCCCCCCCCC(CCOC(=O)CCC)OC(=O)OCCCN(C)C. The Labute approximate surface area is 191 Å². The number of unbranched alkanes of at least 4 members (excludes halogenated alkanes) is 9. The minimum absolute atomic E-state index is 0.188. The molecule has 0 saturated heterocycles. The molecule has 31 heavy (non-hydrogen) atoms. The van der Waals surface area contributed by atoms with Crippen molar-refractivity contribution in [3.63, 3.8) is 0 Å². The Bertz CT molecular complexity index is 428. The van der Waals surface area contributed by atoms with Gasteiger partial charge in [0.2, 0.25) is 0 Å².